The van der Waals surface area contributed by atoms with Gasteiger partial charge in [0.15, 0.2) is 20.0 Å². The fourth-order valence-corrected chi connectivity index (χ4v) is 4.19. The molecule has 1 saturated heterocycles. The molecule has 1 aliphatic heterocycles. The molecule has 2 heterocycles. The Balaban J connectivity index is 0.000000300. The molecule has 0 aliphatic carbocycles. The highest BCUT2D eigenvalue weighted by atomic mass is 32.3. The number of aryl methyl sites for hydroxylation is 1. The largest absolute Gasteiger partial charge is 0.480 e. The number of likely N-dealkylation sites (tertiary alicyclic amines) is 1. The lowest BCUT2D eigenvalue weighted by molar-refractivity contribution is -0.677. The smallest absolute Gasteiger partial charge is 0.421 e. The van der Waals surface area contributed by atoms with Crippen molar-refractivity contribution in [1.82, 2.24) is 9.47 Å². The zero-order valence-electron chi connectivity index (χ0n) is 16.1. The Morgan fingerprint density at radius 2 is 1.40 bits per heavy atom. The normalized spacial score (nSPS) is 16.8. The lowest BCUT2D eigenvalue weighted by Crippen LogP contribution is -2.34. The van der Waals surface area contributed by atoms with Gasteiger partial charge in [-0.2, -0.15) is 26.3 Å². The molecule has 1 aliphatic rings. The lowest BCUT2D eigenvalue weighted by Gasteiger charge is -2.25. The molecule has 1 fully saturated rings. The maximum atomic E-state index is 11.4. The molecule has 0 spiro atoms. The van der Waals surface area contributed by atoms with E-state index >= 15 is 0 Å². The average Bonchev–Trinajstić information content (AvgIpc) is 2.90. The molecule has 8 nitrogen and oxygen atoms in total. The third-order valence-electron chi connectivity index (χ3n) is 4.28. The molecule has 1 aromatic rings. The van der Waals surface area contributed by atoms with Crippen LogP contribution in [0.4, 0.5) is 26.3 Å². The van der Waals surface area contributed by atoms with Gasteiger partial charge >= 0.3 is 11.0 Å². The number of nitrogens with zero attached hydrogens (tertiary/aromatic N) is 4. The van der Waals surface area contributed by atoms with E-state index in [0.29, 0.717) is 0 Å². The van der Waals surface area contributed by atoms with Crippen LogP contribution in [-0.2, 0) is 33.6 Å². The minimum atomic E-state index is -6.72. The van der Waals surface area contributed by atoms with Gasteiger partial charge in [-0.15, -0.1) is 0 Å². The van der Waals surface area contributed by atoms with Crippen LogP contribution in [0.3, 0.4) is 0 Å². The fraction of sp³-hybridized carbons (Fsp3) is 0.786. The Bertz CT molecular complexity index is 862. The van der Waals surface area contributed by atoms with Crippen molar-refractivity contribution in [2.24, 2.45) is 7.05 Å². The minimum Gasteiger partial charge on any atom is -0.421 e. The molecular formula is C14H22F6N4O4S2. The van der Waals surface area contributed by atoms with Crippen molar-refractivity contribution in [3.05, 3.63) is 22.3 Å². The quantitative estimate of drug-likeness (QED) is 0.468. The Morgan fingerprint density at radius 1 is 0.933 bits per heavy atom. The first-order valence-corrected chi connectivity index (χ1v) is 11.5. The van der Waals surface area contributed by atoms with E-state index in [4.69, 9.17) is 0 Å². The molecule has 0 saturated carbocycles. The maximum absolute atomic E-state index is 11.4. The summed E-state index contributed by atoms with van der Waals surface area (Å²) in [6.07, 6.45) is 8.51. The molecule has 0 amide bonds. The van der Waals surface area contributed by atoms with Crippen LogP contribution in [0.25, 0.3) is 4.13 Å². The van der Waals surface area contributed by atoms with Gasteiger partial charge in [0.05, 0.1) is 7.05 Å². The third-order valence-corrected chi connectivity index (χ3v) is 7.02. The number of hydrogen-bond acceptors (Lipinski definition) is 5. The molecule has 0 aromatic carbocycles. The van der Waals surface area contributed by atoms with Crippen molar-refractivity contribution in [2.75, 3.05) is 19.6 Å². The predicted octanol–water partition coefficient (Wildman–Crippen LogP) is 2.17. The number of rotatable bonds is 5. The second kappa shape index (κ2) is 9.82. The summed E-state index contributed by atoms with van der Waals surface area (Å²) in [4.78, 5) is 2.59. The molecule has 0 unspecified atom stereocenters. The molecule has 0 bridgehead atoms. The van der Waals surface area contributed by atoms with Crippen molar-refractivity contribution in [1.29, 1.82) is 0 Å². The molecule has 0 N–H and O–H groups in total. The van der Waals surface area contributed by atoms with Crippen LogP contribution in [-0.4, -0.2) is 57.0 Å². The van der Waals surface area contributed by atoms with Gasteiger partial charge in [-0.25, -0.2) is 26.0 Å². The van der Waals surface area contributed by atoms with Gasteiger partial charge < -0.3 is 4.13 Å². The average molecular weight is 488 g/mol. The number of halogens is 6. The maximum Gasteiger partial charge on any atom is 0.480 e. The zero-order valence-corrected chi connectivity index (χ0v) is 17.7. The lowest BCUT2D eigenvalue weighted by atomic mass is 10.1. The van der Waals surface area contributed by atoms with Crippen molar-refractivity contribution in [2.45, 2.75) is 43.7 Å². The SMILES string of the molecule is Cc1n(CCN2CCCCC2)cc[n+]1C.O=S(=O)([N-]S(=O)(=O)C(F)(F)F)C(F)(F)F. The van der Waals surface area contributed by atoms with Crippen LogP contribution in [0.15, 0.2) is 12.4 Å². The highest BCUT2D eigenvalue weighted by Gasteiger charge is 2.46. The highest BCUT2D eigenvalue weighted by molar-refractivity contribution is 8.13. The summed E-state index contributed by atoms with van der Waals surface area (Å²) < 4.78 is 114. The van der Waals surface area contributed by atoms with Crippen molar-refractivity contribution >= 4 is 20.0 Å². The van der Waals surface area contributed by atoms with Gasteiger partial charge in [-0.3, -0.25) is 4.90 Å². The number of piperidine rings is 1. The van der Waals surface area contributed by atoms with Crippen LogP contribution >= 0.6 is 0 Å². The zero-order chi connectivity index (χ0) is 23.4. The molecule has 1 aromatic heterocycles. The van der Waals surface area contributed by atoms with Crippen LogP contribution in [0, 0.1) is 6.92 Å². The summed E-state index contributed by atoms with van der Waals surface area (Å²) in [7, 11) is -11.3. The summed E-state index contributed by atoms with van der Waals surface area (Å²) >= 11 is 0. The fourth-order valence-electron chi connectivity index (χ4n) is 2.48. The first kappa shape index (κ1) is 26.6. The minimum absolute atomic E-state index is 0.778. The molecule has 30 heavy (non-hydrogen) atoms. The van der Waals surface area contributed by atoms with Crippen molar-refractivity contribution < 1.29 is 47.7 Å². The second-order valence-electron chi connectivity index (χ2n) is 6.47. The Hall–Kier alpha value is -1.39. The van der Waals surface area contributed by atoms with E-state index in [0.717, 1.165) is 10.7 Å². The first-order valence-electron chi connectivity index (χ1n) is 8.58. The standard InChI is InChI=1S/C12H22N3.C2F6NO4S2/c1-12-13(2)8-10-15(12)11-9-14-6-4-3-5-7-14;3-1(4,5)14(10,11)9-15(12,13)2(6,7)8/h8,10H,3-7,9,11H2,1-2H3;/q+1;-1. The van der Waals surface area contributed by atoms with Gasteiger partial charge in [-0.05, 0) is 25.9 Å². The Morgan fingerprint density at radius 3 is 1.77 bits per heavy atom. The van der Waals surface area contributed by atoms with E-state index in [-0.39, 0.29) is 0 Å². The van der Waals surface area contributed by atoms with E-state index in [9.17, 15) is 43.2 Å². The van der Waals surface area contributed by atoms with Crippen molar-refractivity contribution in [3.8, 4) is 0 Å². The summed E-state index contributed by atoms with van der Waals surface area (Å²) in [5.74, 6) is 1.34. The summed E-state index contributed by atoms with van der Waals surface area (Å²) in [5, 5.41) is 0. The van der Waals surface area contributed by atoms with Crippen LogP contribution in [0.1, 0.15) is 25.1 Å². The highest BCUT2D eigenvalue weighted by Crippen LogP contribution is 2.36. The van der Waals surface area contributed by atoms with Gasteiger partial charge in [0.25, 0.3) is 5.82 Å². The van der Waals surface area contributed by atoms with E-state index < -0.39 is 31.1 Å². The van der Waals surface area contributed by atoms with Gasteiger partial charge in [0.1, 0.15) is 18.9 Å². The van der Waals surface area contributed by atoms with E-state index in [1.807, 2.05) is 0 Å². The molecule has 0 radical (unpaired) electrons. The van der Waals surface area contributed by atoms with Gasteiger partial charge in [0, 0.05) is 13.5 Å². The van der Waals surface area contributed by atoms with Crippen LogP contribution in [0.2, 0.25) is 0 Å². The summed E-state index contributed by atoms with van der Waals surface area (Å²) in [6.45, 7) is 7.11. The van der Waals surface area contributed by atoms with E-state index in [2.05, 4.69) is 40.4 Å². The second-order valence-corrected chi connectivity index (χ2v) is 9.89. The van der Waals surface area contributed by atoms with Gasteiger partial charge in [-0.1, -0.05) is 6.42 Å². The number of hydrogen-bond donors (Lipinski definition) is 0. The Kier molecular flexibility index (Phi) is 8.73. The van der Waals surface area contributed by atoms with Crippen LogP contribution < -0.4 is 4.57 Å². The number of aromatic nitrogens is 2. The number of imidazole rings is 1. The monoisotopic (exact) mass is 488 g/mol. The summed E-state index contributed by atoms with van der Waals surface area (Å²) in [6, 6.07) is 0. The third kappa shape index (κ3) is 7.39. The van der Waals surface area contributed by atoms with E-state index in [1.165, 1.54) is 44.7 Å². The van der Waals surface area contributed by atoms with Crippen molar-refractivity contribution in [3.63, 3.8) is 0 Å². The molecule has 16 heteroatoms. The molecule has 176 valence electrons. The van der Waals surface area contributed by atoms with Gasteiger partial charge in [0.2, 0.25) is 0 Å². The topological polar surface area (TPSA) is 94.4 Å². The molecule has 2 rings (SSSR count). The van der Waals surface area contributed by atoms with Crippen LogP contribution in [0.5, 0.6) is 0 Å². The molecular weight excluding hydrogens is 466 g/mol. The molecule has 0 atom stereocenters. The Labute approximate surface area is 170 Å². The predicted molar refractivity (Wildman–Crippen MR) is 93.9 cm³/mol. The number of alkyl halides is 6. The van der Waals surface area contributed by atoms with E-state index in [1.54, 1.807) is 0 Å². The first-order chi connectivity index (χ1) is 13.5. The summed E-state index contributed by atoms with van der Waals surface area (Å²) in [5.41, 5.74) is -12.4. The number of sulfonamides is 2.